The Kier molecular flexibility index (Phi) is 6.90. The summed E-state index contributed by atoms with van der Waals surface area (Å²) in [5.74, 6) is 1.44. The minimum atomic E-state index is -0.00506. The van der Waals surface area contributed by atoms with Crippen LogP contribution >= 0.6 is 23.4 Å². The summed E-state index contributed by atoms with van der Waals surface area (Å²) in [6.45, 7) is 2.84. The first-order valence-corrected chi connectivity index (χ1v) is 10.1. The second-order valence-electron chi connectivity index (χ2n) is 5.98. The fourth-order valence-corrected chi connectivity index (χ4v) is 3.78. The van der Waals surface area contributed by atoms with E-state index in [1.165, 1.54) is 0 Å². The summed E-state index contributed by atoms with van der Waals surface area (Å²) in [6.07, 6.45) is 0.445. The van der Waals surface area contributed by atoms with E-state index < -0.39 is 0 Å². The second kappa shape index (κ2) is 9.58. The third kappa shape index (κ3) is 5.34. The third-order valence-electron chi connectivity index (χ3n) is 4.06. The molecule has 140 valence electrons. The zero-order valence-electron chi connectivity index (χ0n) is 15.1. The van der Waals surface area contributed by atoms with Gasteiger partial charge < -0.3 is 9.88 Å². The fourth-order valence-electron chi connectivity index (χ4n) is 2.54. The average Bonchev–Trinajstić information content (AvgIpc) is 3.07. The van der Waals surface area contributed by atoms with E-state index in [2.05, 4.69) is 27.6 Å². The Labute approximate surface area is 168 Å². The molecule has 0 fully saturated rings. The summed E-state index contributed by atoms with van der Waals surface area (Å²) >= 11 is 7.85. The number of nitrogens with one attached hydrogen (secondary N) is 1. The number of nitrogens with zero attached hydrogens (tertiary/aromatic N) is 3. The van der Waals surface area contributed by atoms with Crippen molar-refractivity contribution >= 4 is 29.3 Å². The first kappa shape index (κ1) is 19.5. The van der Waals surface area contributed by atoms with E-state index in [-0.39, 0.29) is 5.91 Å². The normalized spacial score (nSPS) is 10.7. The van der Waals surface area contributed by atoms with Crippen molar-refractivity contribution in [3.05, 3.63) is 76.6 Å². The van der Waals surface area contributed by atoms with E-state index >= 15 is 0 Å². The quantitative estimate of drug-likeness (QED) is 0.573. The Hall–Kier alpha value is -2.31. The molecule has 0 radical (unpaired) electrons. The molecule has 0 aliphatic carbocycles. The Morgan fingerprint density at radius 3 is 2.59 bits per heavy atom. The highest BCUT2D eigenvalue weighted by Crippen LogP contribution is 2.26. The van der Waals surface area contributed by atoms with E-state index in [0.29, 0.717) is 25.3 Å². The number of benzene rings is 2. The Bertz CT molecular complexity index is 898. The standard InChI is InChI=1S/C20H21ClN4OS/c1-2-19(26)22-12-18-23-24-20(25(18)13-15-8-4-3-5-9-15)27-14-16-10-6-7-11-17(16)21/h3-11H,2,12-14H2,1H3,(H,22,26). The van der Waals surface area contributed by atoms with Crippen molar-refractivity contribution < 1.29 is 4.79 Å². The van der Waals surface area contributed by atoms with Gasteiger partial charge >= 0.3 is 0 Å². The van der Waals surface area contributed by atoms with Gasteiger partial charge in [-0.2, -0.15) is 0 Å². The predicted octanol–water partition coefficient (Wildman–Crippen LogP) is 4.30. The van der Waals surface area contributed by atoms with Gasteiger partial charge in [0.25, 0.3) is 0 Å². The van der Waals surface area contributed by atoms with Crippen molar-refractivity contribution in [1.29, 1.82) is 0 Å². The maximum absolute atomic E-state index is 11.6. The van der Waals surface area contributed by atoms with E-state index in [1.807, 2.05) is 54.0 Å². The minimum Gasteiger partial charge on any atom is -0.349 e. The van der Waals surface area contributed by atoms with Gasteiger partial charge in [-0.05, 0) is 17.2 Å². The summed E-state index contributed by atoms with van der Waals surface area (Å²) in [5.41, 5.74) is 2.21. The van der Waals surface area contributed by atoms with Gasteiger partial charge in [-0.15, -0.1) is 10.2 Å². The predicted molar refractivity (Wildman–Crippen MR) is 109 cm³/mol. The summed E-state index contributed by atoms with van der Waals surface area (Å²) in [7, 11) is 0. The Morgan fingerprint density at radius 1 is 1.11 bits per heavy atom. The lowest BCUT2D eigenvalue weighted by atomic mass is 10.2. The van der Waals surface area contributed by atoms with Crippen LogP contribution in [0.25, 0.3) is 0 Å². The Morgan fingerprint density at radius 2 is 1.85 bits per heavy atom. The number of carbonyl (C=O) groups excluding carboxylic acids is 1. The molecule has 0 aliphatic heterocycles. The van der Waals surface area contributed by atoms with E-state index in [9.17, 15) is 4.79 Å². The molecule has 0 atom stereocenters. The highest BCUT2D eigenvalue weighted by molar-refractivity contribution is 7.98. The lowest BCUT2D eigenvalue weighted by molar-refractivity contribution is -0.120. The van der Waals surface area contributed by atoms with Gasteiger partial charge in [-0.1, -0.05) is 78.8 Å². The van der Waals surface area contributed by atoms with Crippen LogP contribution in [0.3, 0.4) is 0 Å². The molecule has 1 amide bonds. The third-order valence-corrected chi connectivity index (χ3v) is 5.44. The van der Waals surface area contributed by atoms with E-state index in [0.717, 1.165) is 27.1 Å². The molecular formula is C20H21ClN4OS. The van der Waals surface area contributed by atoms with Crippen LogP contribution in [-0.2, 0) is 23.6 Å². The monoisotopic (exact) mass is 400 g/mol. The van der Waals surface area contributed by atoms with Gasteiger partial charge in [0, 0.05) is 17.2 Å². The summed E-state index contributed by atoms with van der Waals surface area (Å²) in [6, 6.07) is 17.9. The van der Waals surface area contributed by atoms with Crippen LogP contribution < -0.4 is 5.32 Å². The number of hydrogen-bond acceptors (Lipinski definition) is 4. The molecule has 7 heteroatoms. The summed E-state index contributed by atoms with van der Waals surface area (Å²) in [4.78, 5) is 11.6. The van der Waals surface area contributed by atoms with Crippen molar-refractivity contribution in [3.63, 3.8) is 0 Å². The van der Waals surface area contributed by atoms with Gasteiger partial charge in [0.05, 0.1) is 13.1 Å². The molecule has 27 heavy (non-hydrogen) atoms. The lowest BCUT2D eigenvalue weighted by Crippen LogP contribution is -2.24. The van der Waals surface area contributed by atoms with E-state index in [4.69, 9.17) is 11.6 Å². The van der Waals surface area contributed by atoms with Crippen LogP contribution in [0.5, 0.6) is 0 Å². The number of hydrogen-bond donors (Lipinski definition) is 1. The molecule has 3 aromatic rings. The molecule has 5 nitrogen and oxygen atoms in total. The van der Waals surface area contributed by atoms with Crippen molar-refractivity contribution in [2.45, 2.75) is 37.3 Å². The number of thioether (sulfide) groups is 1. The fraction of sp³-hybridized carbons (Fsp3) is 0.250. The molecule has 1 heterocycles. The average molecular weight is 401 g/mol. The number of rotatable bonds is 8. The van der Waals surface area contributed by atoms with Gasteiger partial charge in [-0.25, -0.2) is 0 Å². The molecule has 2 aromatic carbocycles. The molecule has 0 saturated heterocycles. The molecule has 0 bridgehead atoms. The molecule has 0 saturated carbocycles. The van der Waals surface area contributed by atoms with Gasteiger partial charge in [0.1, 0.15) is 0 Å². The molecule has 1 N–H and O–H groups in total. The largest absolute Gasteiger partial charge is 0.349 e. The highest BCUT2D eigenvalue weighted by atomic mass is 35.5. The van der Waals surface area contributed by atoms with Crippen molar-refractivity contribution in [3.8, 4) is 0 Å². The maximum atomic E-state index is 11.6. The number of halogens is 1. The van der Waals surface area contributed by atoms with Crippen LogP contribution in [0.15, 0.2) is 59.8 Å². The number of amides is 1. The number of carbonyl (C=O) groups is 1. The van der Waals surface area contributed by atoms with E-state index in [1.54, 1.807) is 11.8 Å². The van der Waals surface area contributed by atoms with Crippen molar-refractivity contribution in [2.24, 2.45) is 0 Å². The topological polar surface area (TPSA) is 59.8 Å². The second-order valence-corrected chi connectivity index (χ2v) is 7.33. The van der Waals surface area contributed by atoms with Crippen molar-refractivity contribution in [1.82, 2.24) is 20.1 Å². The van der Waals surface area contributed by atoms with Crippen LogP contribution in [0.4, 0.5) is 0 Å². The van der Waals surface area contributed by atoms with Crippen LogP contribution in [0.2, 0.25) is 5.02 Å². The summed E-state index contributed by atoms with van der Waals surface area (Å²) in [5, 5.41) is 13.1. The van der Waals surface area contributed by atoms with Gasteiger partial charge in [-0.3, -0.25) is 4.79 Å². The first-order valence-electron chi connectivity index (χ1n) is 8.76. The van der Waals surface area contributed by atoms with Crippen LogP contribution in [0.1, 0.15) is 30.3 Å². The molecule has 0 spiro atoms. The zero-order chi connectivity index (χ0) is 19.1. The molecular weight excluding hydrogens is 380 g/mol. The number of aromatic nitrogens is 3. The van der Waals surface area contributed by atoms with Gasteiger partial charge in [0.2, 0.25) is 5.91 Å². The minimum absolute atomic E-state index is 0.00506. The highest BCUT2D eigenvalue weighted by Gasteiger charge is 2.14. The Balaban J connectivity index is 1.80. The SMILES string of the molecule is CCC(=O)NCc1nnc(SCc2ccccc2Cl)n1Cc1ccccc1. The first-order chi connectivity index (χ1) is 13.2. The maximum Gasteiger partial charge on any atom is 0.220 e. The van der Waals surface area contributed by atoms with Crippen LogP contribution in [0, 0.1) is 0 Å². The van der Waals surface area contributed by atoms with Gasteiger partial charge in [0.15, 0.2) is 11.0 Å². The molecule has 3 rings (SSSR count). The molecule has 0 unspecified atom stereocenters. The molecule has 0 aliphatic rings. The zero-order valence-corrected chi connectivity index (χ0v) is 16.6. The smallest absolute Gasteiger partial charge is 0.220 e. The van der Waals surface area contributed by atoms with Crippen molar-refractivity contribution in [2.75, 3.05) is 0 Å². The van der Waals surface area contributed by atoms with Crippen LogP contribution in [-0.4, -0.2) is 20.7 Å². The summed E-state index contributed by atoms with van der Waals surface area (Å²) < 4.78 is 2.05. The lowest BCUT2D eigenvalue weighted by Gasteiger charge is -2.11. The molecule has 1 aromatic heterocycles.